The van der Waals surface area contributed by atoms with E-state index in [9.17, 15) is 0 Å². The van der Waals surface area contributed by atoms with E-state index in [-0.39, 0.29) is 6.04 Å². The molecule has 0 aliphatic rings. The number of nitrogens with two attached hydrogens (primary N) is 1. The Labute approximate surface area is 88.0 Å². The highest BCUT2D eigenvalue weighted by molar-refractivity contribution is 7.98. The lowest BCUT2D eigenvalue weighted by Crippen LogP contribution is -2.31. The minimum atomic E-state index is 0.0625. The first-order valence-corrected chi connectivity index (χ1v) is 5.65. The number of nitrogens with one attached hydrogen (secondary N) is 1. The number of ether oxygens (including phenoxy) is 1. The standard InChI is InChI=1S/C8H16N4OS/c1-12-8(6(11-9)5-14-3)7(13-2)4-10-12/h4,6,11H,5,9H2,1-3H3. The van der Waals surface area contributed by atoms with E-state index in [1.807, 2.05) is 13.3 Å². The number of aromatic nitrogens is 2. The van der Waals surface area contributed by atoms with E-state index >= 15 is 0 Å². The van der Waals surface area contributed by atoms with E-state index in [1.165, 1.54) is 0 Å². The van der Waals surface area contributed by atoms with Crippen LogP contribution >= 0.6 is 11.8 Å². The van der Waals surface area contributed by atoms with Gasteiger partial charge in [-0.25, -0.2) is 0 Å². The number of methoxy groups -OCH3 is 1. The van der Waals surface area contributed by atoms with Crippen LogP contribution in [-0.2, 0) is 7.05 Å². The Morgan fingerprint density at radius 3 is 3.00 bits per heavy atom. The van der Waals surface area contributed by atoms with Crippen LogP contribution in [0, 0.1) is 0 Å². The Morgan fingerprint density at radius 1 is 1.79 bits per heavy atom. The summed E-state index contributed by atoms with van der Waals surface area (Å²) in [7, 11) is 3.51. The number of nitrogens with zero attached hydrogens (tertiary/aromatic N) is 2. The fourth-order valence-corrected chi connectivity index (χ4v) is 1.94. The van der Waals surface area contributed by atoms with Gasteiger partial charge in [0.2, 0.25) is 0 Å². The monoisotopic (exact) mass is 216 g/mol. The quantitative estimate of drug-likeness (QED) is 0.547. The first-order valence-electron chi connectivity index (χ1n) is 4.25. The van der Waals surface area contributed by atoms with Gasteiger partial charge in [0, 0.05) is 12.8 Å². The van der Waals surface area contributed by atoms with Gasteiger partial charge in [-0.05, 0) is 6.26 Å². The van der Waals surface area contributed by atoms with E-state index in [0.29, 0.717) is 0 Å². The molecule has 0 aromatic carbocycles. The van der Waals surface area contributed by atoms with Crippen LogP contribution in [0.1, 0.15) is 11.7 Å². The van der Waals surface area contributed by atoms with Gasteiger partial charge < -0.3 is 4.74 Å². The third-order valence-corrected chi connectivity index (χ3v) is 2.70. The summed E-state index contributed by atoms with van der Waals surface area (Å²) in [6.45, 7) is 0. The van der Waals surface area contributed by atoms with Gasteiger partial charge in [-0.2, -0.15) is 16.9 Å². The molecule has 6 heteroatoms. The van der Waals surface area contributed by atoms with E-state index in [2.05, 4.69) is 10.5 Å². The minimum Gasteiger partial charge on any atom is -0.493 e. The lowest BCUT2D eigenvalue weighted by Gasteiger charge is -2.16. The molecule has 0 saturated carbocycles. The summed E-state index contributed by atoms with van der Waals surface area (Å²) in [4.78, 5) is 0. The number of rotatable bonds is 5. The second-order valence-corrected chi connectivity index (χ2v) is 3.81. The third kappa shape index (κ3) is 2.20. The number of thioether (sulfide) groups is 1. The fourth-order valence-electron chi connectivity index (χ4n) is 1.35. The third-order valence-electron chi connectivity index (χ3n) is 2.03. The van der Waals surface area contributed by atoms with E-state index < -0.39 is 0 Å². The van der Waals surface area contributed by atoms with Gasteiger partial charge >= 0.3 is 0 Å². The van der Waals surface area contributed by atoms with Crippen molar-refractivity contribution in [3.05, 3.63) is 11.9 Å². The second kappa shape index (κ2) is 5.23. The molecule has 80 valence electrons. The van der Waals surface area contributed by atoms with Crippen molar-refractivity contribution in [3.63, 3.8) is 0 Å². The van der Waals surface area contributed by atoms with Gasteiger partial charge in [-0.1, -0.05) is 0 Å². The van der Waals surface area contributed by atoms with Crippen LogP contribution in [0.2, 0.25) is 0 Å². The van der Waals surface area contributed by atoms with Crippen molar-refractivity contribution in [2.24, 2.45) is 12.9 Å². The lowest BCUT2D eigenvalue weighted by molar-refractivity contribution is 0.399. The minimum absolute atomic E-state index is 0.0625. The molecule has 3 N–H and O–H groups in total. The summed E-state index contributed by atoms with van der Waals surface area (Å²) in [5.41, 5.74) is 3.74. The van der Waals surface area contributed by atoms with E-state index in [0.717, 1.165) is 17.2 Å². The summed E-state index contributed by atoms with van der Waals surface area (Å²) < 4.78 is 6.98. The van der Waals surface area contributed by atoms with Crippen molar-refractivity contribution in [2.45, 2.75) is 6.04 Å². The zero-order valence-corrected chi connectivity index (χ0v) is 9.47. The highest BCUT2D eigenvalue weighted by Crippen LogP contribution is 2.25. The summed E-state index contributed by atoms with van der Waals surface area (Å²) in [6.07, 6.45) is 3.73. The maximum atomic E-state index is 5.48. The molecule has 1 aromatic heterocycles. The van der Waals surface area contributed by atoms with Crippen molar-refractivity contribution >= 4 is 11.8 Å². The van der Waals surface area contributed by atoms with Crippen molar-refractivity contribution in [3.8, 4) is 5.75 Å². The predicted octanol–water partition coefficient (Wildman–Crippen LogP) is 0.296. The molecule has 0 aliphatic heterocycles. The first-order chi connectivity index (χ1) is 6.74. The molecule has 1 rings (SSSR count). The average molecular weight is 216 g/mol. The Morgan fingerprint density at radius 2 is 2.50 bits per heavy atom. The zero-order valence-electron chi connectivity index (χ0n) is 8.65. The van der Waals surface area contributed by atoms with Crippen LogP contribution in [0.15, 0.2) is 6.20 Å². The van der Waals surface area contributed by atoms with E-state index in [1.54, 1.807) is 29.8 Å². The summed E-state index contributed by atoms with van der Waals surface area (Å²) in [5.74, 6) is 7.13. The summed E-state index contributed by atoms with van der Waals surface area (Å²) >= 11 is 1.72. The summed E-state index contributed by atoms with van der Waals surface area (Å²) in [5, 5.41) is 4.13. The fraction of sp³-hybridized carbons (Fsp3) is 0.625. The molecule has 0 bridgehead atoms. The van der Waals surface area contributed by atoms with Crippen LogP contribution in [0.5, 0.6) is 5.75 Å². The van der Waals surface area contributed by atoms with Crippen molar-refractivity contribution in [1.82, 2.24) is 15.2 Å². The molecule has 1 unspecified atom stereocenters. The van der Waals surface area contributed by atoms with Crippen LogP contribution in [0.3, 0.4) is 0 Å². The summed E-state index contributed by atoms with van der Waals surface area (Å²) in [6, 6.07) is 0.0625. The maximum Gasteiger partial charge on any atom is 0.161 e. The normalized spacial score (nSPS) is 12.9. The van der Waals surface area contributed by atoms with Crippen LogP contribution in [0.4, 0.5) is 0 Å². The smallest absolute Gasteiger partial charge is 0.161 e. The first kappa shape index (κ1) is 11.4. The average Bonchev–Trinajstić information content (AvgIpc) is 2.56. The molecule has 14 heavy (non-hydrogen) atoms. The van der Waals surface area contributed by atoms with Gasteiger partial charge in [-0.3, -0.25) is 16.0 Å². The van der Waals surface area contributed by atoms with Crippen molar-refractivity contribution < 1.29 is 4.74 Å². The lowest BCUT2D eigenvalue weighted by atomic mass is 10.2. The van der Waals surface area contributed by atoms with Gasteiger partial charge in [0.25, 0.3) is 0 Å². The Bertz CT molecular complexity index is 289. The molecule has 1 aromatic rings. The molecular formula is C8H16N4OS. The zero-order chi connectivity index (χ0) is 10.6. The van der Waals surface area contributed by atoms with Crippen LogP contribution < -0.4 is 16.0 Å². The topological polar surface area (TPSA) is 65.1 Å². The SMILES string of the molecule is COc1cnn(C)c1C(CSC)NN. The molecule has 0 saturated heterocycles. The van der Waals surface area contributed by atoms with Gasteiger partial charge in [-0.15, -0.1) is 0 Å². The van der Waals surface area contributed by atoms with Gasteiger partial charge in [0.15, 0.2) is 5.75 Å². The molecule has 0 aliphatic carbocycles. The Balaban J connectivity index is 2.94. The highest BCUT2D eigenvalue weighted by atomic mass is 32.2. The highest BCUT2D eigenvalue weighted by Gasteiger charge is 2.18. The maximum absolute atomic E-state index is 5.48. The predicted molar refractivity (Wildman–Crippen MR) is 58.2 cm³/mol. The molecule has 0 spiro atoms. The molecule has 0 radical (unpaired) electrons. The van der Waals surface area contributed by atoms with Crippen LogP contribution in [-0.4, -0.2) is 28.9 Å². The molecule has 0 fully saturated rings. The van der Waals surface area contributed by atoms with Crippen LogP contribution in [0.25, 0.3) is 0 Å². The van der Waals surface area contributed by atoms with Gasteiger partial charge in [0.05, 0.1) is 25.0 Å². The van der Waals surface area contributed by atoms with E-state index in [4.69, 9.17) is 10.6 Å². The van der Waals surface area contributed by atoms with Crippen molar-refractivity contribution in [1.29, 1.82) is 0 Å². The van der Waals surface area contributed by atoms with Gasteiger partial charge in [0.1, 0.15) is 0 Å². The number of hydrogen-bond donors (Lipinski definition) is 2. The molecule has 5 nitrogen and oxygen atoms in total. The molecule has 0 amide bonds. The molecule has 1 heterocycles. The van der Waals surface area contributed by atoms with Crippen molar-refractivity contribution in [2.75, 3.05) is 19.1 Å². The number of hydrogen-bond acceptors (Lipinski definition) is 5. The number of aryl methyl sites for hydroxylation is 1. The Hall–Kier alpha value is -0.720. The molecule has 1 atom stereocenters. The second-order valence-electron chi connectivity index (χ2n) is 2.90. The Kier molecular flexibility index (Phi) is 4.24. The molecular weight excluding hydrogens is 200 g/mol. The number of hydrazine groups is 1. The largest absolute Gasteiger partial charge is 0.493 e.